The topological polar surface area (TPSA) is 39.9 Å². The molecule has 0 amide bonds. The third-order valence-corrected chi connectivity index (χ3v) is 4.29. The van der Waals surface area contributed by atoms with Crippen LogP contribution in [0.1, 0.15) is 24.2 Å². The molecule has 0 atom stereocenters. The Labute approximate surface area is 133 Å². The van der Waals surface area contributed by atoms with E-state index in [0.717, 1.165) is 29.6 Å². The molecule has 0 saturated carbocycles. The lowest BCUT2D eigenvalue weighted by atomic mass is 10.1. The number of hydrogen-bond donors (Lipinski definition) is 0. The van der Waals surface area contributed by atoms with Gasteiger partial charge in [-0.15, -0.1) is 0 Å². The number of ether oxygens (including phenoxy) is 1. The highest BCUT2D eigenvalue weighted by Crippen LogP contribution is 2.26. The van der Waals surface area contributed by atoms with Gasteiger partial charge < -0.3 is 4.74 Å². The minimum Gasteiger partial charge on any atom is -0.471 e. The fraction of sp³-hybridized carbons (Fsp3) is 0.294. The molecule has 0 radical (unpaired) electrons. The molecule has 0 N–H and O–H groups in total. The first kappa shape index (κ1) is 13.6. The van der Waals surface area contributed by atoms with Crippen LogP contribution in [0.25, 0.3) is 10.9 Å². The summed E-state index contributed by atoms with van der Waals surface area (Å²) in [5.74, 6) is 0.537. The van der Waals surface area contributed by atoms with Crippen LogP contribution in [0, 0.1) is 0 Å². The monoisotopic (exact) mass is 313 g/mol. The minimum atomic E-state index is 0.418. The largest absolute Gasteiger partial charge is 0.471 e. The van der Waals surface area contributed by atoms with Crippen molar-refractivity contribution in [3.05, 3.63) is 52.8 Å². The molecule has 4 rings (SSSR count). The molecule has 4 nitrogen and oxygen atoms in total. The van der Waals surface area contributed by atoms with Gasteiger partial charge in [0.05, 0.1) is 10.5 Å². The van der Waals surface area contributed by atoms with Crippen molar-refractivity contribution in [2.75, 3.05) is 0 Å². The van der Waals surface area contributed by atoms with E-state index >= 15 is 0 Å². The second-order valence-corrected chi connectivity index (χ2v) is 5.96. The van der Waals surface area contributed by atoms with E-state index in [0.29, 0.717) is 17.5 Å². The third-order valence-electron chi connectivity index (χ3n) is 3.98. The van der Waals surface area contributed by atoms with E-state index in [2.05, 4.69) is 20.8 Å². The van der Waals surface area contributed by atoms with Crippen molar-refractivity contribution in [2.24, 2.45) is 0 Å². The first-order chi connectivity index (χ1) is 10.8. The molecule has 22 heavy (non-hydrogen) atoms. The van der Waals surface area contributed by atoms with Gasteiger partial charge in [-0.3, -0.25) is 4.68 Å². The number of aryl methyl sites for hydroxylation is 2. The van der Waals surface area contributed by atoms with Gasteiger partial charge in [0.25, 0.3) is 0 Å². The molecule has 0 saturated heterocycles. The summed E-state index contributed by atoms with van der Waals surface area (Å²) in [6.07, 6.45) is 3.55. The molecule has 112 valence electrons. The summed E-state index contributed by atoms with van der Waals surface area (Å²) in [6.45, 7) is 1.43. The van der Waals surface area contributed by atoms with Crippen LogP contribution in [-0.2, 0) is 19.6 Å². The zero-order chi connectivity index (χ0) is 14.9. The van der Waals surface area contributed by atoms with E-state index in [9.17, 15) is 0 Å². The van der Waals surface area contributed by atoms with Crippen molar-refractivity contribution in [1.29, 1.82) is 0 Å². The van der Waals surface area contributed by atoms with Crippen LogP contribution in [0.4, 0.5) is 0 Å². The molecule has 5 heteroatoms. The Balaban J connectivity index is 1.55. The molecule has 1 aliphatic rings. The molecule has 1 aliphatic heterocycles. The van der Waals surface area contributed by atoms with Crippen LogP contribution >= 0.6 is 11.6 Å². The molecular weight excluding hydrogens is 298 g/mol. The van der Waals surface area contributed by atoms with Gasteiger partial charge in [0.1, 0.15) is 12.3 Å². The van der Waals surface area contributed by atoms with Gasteiger partial charge in [-0.05, 0) is 31.4 Å². The molecule has 0 bridgehead atoms. The highest BCUT2D eigenvalue weighted by molar-refractivity contribution is 6.35. The smallest absolute Gasteiger partial charge is 0.215 e. The predicted molar refractivity (Wildman–Crippen MR) is 86.3 cm³/mol. The van der Waals surface area contributed by atoms with Crippen molar-refractivity contribution in [3.8, 4) is 5.88 Å². The van der Waals surface area contributed by atoms with E-state index in [1.54, 1.807) is 6.07 Å². The number of rotatable bonds is 3. The van der Waals surface area contributed by atoms with Crippen LogP contribution in [0.2, 0.25) is 5.02 Å². The van der Waals surface area contributed by atoms with Crippen LogP contribution in [-0.4, -0.2) is 14.8 Å². The number of nitrogens with zero attached hydrogens (tertiary/aromatic N) is 3. The van der Waals surface area contributed by atoms with Gasteiger partial charge in [0, 0.05) is 23.7 Å². The second kappa shape index (κ2) is 5.61. The Bertz CT molecular complexity index is 804. The van der Waals surface area contributed by atoms with Gasteiger partial charge in [-0.2, -0.15) is 5.10 Å². The number of pyridine rings is 1. The lowest BCUT2D eigenvalue weighted by Crippen LogP contribution is -2.10. The number of para-hydroxylation sites is 1. The van der Waals surface area contributed by atoms with Gasteiger partial charge in [-0.1, -0.05) is 29.8 Å². The number of fused-ring (bicyclic) bond motifs is 2. The van der Waals surface area contributed by atoms with E-state index in [4.69, 9.17) is 16.3 Å². The SMILES string of the molecule is Clc1cc(OCc2cc3n(n2)CCCC3)nc2ccccc12. The average molecular weight is 314 g/mol. The predicted octanol–water partition coefficient (Wildman–Crippen LogP) is 4.00. The van der Waals surface area contributed by atoms with Crippen molar-refractivity contribution >= 4 is 22.5 Å². The number of aromatic nitrogens is 3. The summed E-state index contributed by atoms with van der Waals surface area (Å²) in [4.78, 5) is 4.49. The summed E-state index contributed by atoms with van der Waals surface area (Å²) >= 11 is 6.29. The Hall–Kier alpha value is -2.07. The van der Waals surface area contributed by atoms with Crippen molar-refractivity contribution in [1.82, 2.24) is 14.8 Å². The maximum absolute atomic E-state index is 6.29. The zero-order valence-electron chi connectivity index (χ0n) is 12.1. The first-order valence-corrected chi connectivity index (χ1v) is 7.91. The van der Waals surface area contributed by atoms with Crippen molar-refractivity contribution in [2.45, 2.75) is 32.4 Å². The maximum atomic E-state index is 6.29. The first-order valence-electron chi connectivity index (χ1n) is 7.53. The fourth-order valence-corrected chi connectivity index (χ4v) is 3.13. The highest BCUT2D eigenvalue weighted by Gasteiger charge is 2.13. The van der Waals surface area contributed by atoms with Gasteiger partial charge in [0.2, 0.25) is 5.88 Å². The minimum absolute atomic E-state index is 0.418. The molecule has 3 heterocycles. The quantitative estimate of drug-likeness (QED) is 0.733. The van der Waals surface area contributed by atoms with Crippen LogP contribution in [0.15, 0.2) is 36.4 Å². The lowest BCUT2D eigenvalue weighted by Gasteiger charge is -2.11. The van der Waals surface area contributed by atoms with E-state index < -0.39 is 0 Å². The molecule has 0 fully saturated rings. The van der Waals surface area contributed by atoms with Gasteiger partial charge in [0.15, 0.2) is 0 Å². The molecular formula is C17H16ClN3O. The third kappa shape index (κ3) is 2.55. The van der Waals surface area contributed by atoms with E-state index in [1.165, 1.54) is 18.5 Å². The summed E-state index contributed by atoms with van der Waals surface area (Å²) in [6, 6.07) is 11.7. The number of hydrogen-bond acceptors (Lipinski definition) is 3. The molecule has 0 unspecified atom stereocenters. The fourth-order valence-electron chi connectivity index (χ4n) is 2.88. The molecule has 3 aromatic rings. The average Bonchev–Trinajstić information content (AvgIpc) is 2.96. The van der Waals surface area contributed by atoms with Crippen LogP contribution in [0.5, 0.6) is 5.88 Å². The molecule has 2 aromatic heterocycles. The molecule has 0 spiro atoms. The zero-order valence-corrected chi connectivity index (χ0v) is 12.9. The summed E-state index contributed by atoms with van der Waals surface area (Å²) in [7, 11) is 0. The number of halogens is 1. The lowest BCUT2D eigenvalue weighted by molar-refractivity contribution is 0.288. The van der Waals surface area contributed by atoms with E-state index in [-0.39, 0.29) is 0 Å². The Kier molecular flexibility index (Phi) is 3.47. The molecule has 0 aliphatic carbocycles. The Morgan fingerprint density at radius 1 is 1.18 bits per heavy atom. The summed E-state index contributed by atoms with van der Waals surface area (Å²) in [5.41, 5.74) is 3.09. The standard InChI is InChI=1S/C17H16ClN3O/c18-15-10-17(19-16-7-2-1-6-14(15)16)22-11-12-9-13-5-3-4-8-21(13)20-12/h1-2,6-7,9-10H,3-5,8,11H2. The molecule has 1 aromatic carbocycles. The van der Waals surface area contributed by atoms with Crippen LogP contribution < -0.4 is 4.74 Å². The number of benzene rings is 1. The van der Waals surface area contributed by atoms with Gasteiger partial charge >= 0.3 is 0 Å². The normalized spacial score (nSPS) is 14.0. The van der Waals surface area contributed by atoms with Crippen LogP contribution in [0.3, 0.4) is 0 Å². The van der Waals surface area contributed by atoms with Crippen molar-refractivity contribution in [3.63, 3.8) is 0 Å². The second-order valence-electron chi connectivity index (χ2n) is 5.56. The Morgan fingerprint density at radius 3 is 3.00 bits per heavy atom. The summed E-state index contributed by atoms with van der Waals surface area (Å²) in [5, 5.41) is 6.18. The van der Waals surface area contributed by atoms with E-state index in [1.807, 2.05) is 24.3 Å². The Morgan fingerprint density at radius 2 is 2.09 bits per heavy atom. The maximum Gasteiger partial charge on any atom is 0.215 e. The highest BCUT2D eigenvalue weighted by atomic mass is 35.5. The van der Waals surface area contributed by atoms with Gasteiger partial charge in [-0.25, -0.2) is 4.98 Å². The van der Waals surface area contributed by atoms with Crippen molar-refractivity contribution < 1.29 is 4.74 Å². The summed E-state index contributed by atoms with van der Waals surface area (Å²) < 4.78 is 7.87.